The van der Waals surface area contributed by atoms with Gasteiger partial charge in [-0.25, -0.2) is 0 Å². The minimum Gasteiger partial charge on any atom is -0.480 e. The monoisotopic (exact) mass is 417 g/mol. The Hall–Kier alpha value is -1.71. The van der Waals surface area contributed by atoms with Crippen LogP contribution in [0.2, 0.25) is 0 Å². The summed E-state index contributed by atoms with van der Waals surface area (Å²) in [5.74, 6) is -2.27. The molecular formula is C20H39N3O6. The molecule has 9 heteroatoms. The first-order valence-corrected chi connectivity index (χ1v) is 10.1. The number of likely N-dealkylation sites (N-methyl/N-ethyl adjacent to an activating group) is 2. The van der Waals surface area contributed by atoms with Crippen LogP contribution in [0.25, 0.3) is 0 Å². The second-order valence-corrected chi connectivity index (χ2v) is 8.60. The molecule has 0 aromatic carbocycles. The summed E-state index contributed by atoms with van der Waals surface area (Å²) in [6.07, 6.45) is 1.03. The minimum absolute atomic E-state index is 0.175. The highest BCUT2D eigenvalue weighted by atomic mass is 16.4. The molecule has 3 N–H and O–H groups in total. The Morgan fingerprint density at radius 1 is 0.690 bits per heavy atom. The van der Waals surface area contributed by atoms with Crippen LogP contribution in [0.4, 0.5) is 0 Å². The first-order chi connectivity index (χ1) is 13.3. The molecular weight excluding hydrogens is 378 g/mol. The Labute approximate surface area is 174 Å². The molecule has 0 unspecified atom stereocenters. The molecule has 0 aromatic heterocycles. The molecule has 0 rings (SSSR count). The average molecular weight is 418 g/mol. The zero-order valence-corrected chi connectivity index (χ0v) is 18.7. The van der Waals surface area contributed by atoms with Gasteiger partial charge in [0.1, 0.15) is 12.1 Å². The number of aliphatic carboxylic acids is 3. The highest BCUT2D eigenvalue weighted by Gasteiger charge is 2.26. The van der Waals surface area contributed by atoms with E-state index in [9.17, 15) is 29.7 Å². The third-order valence-electron chi connectivity index (χ3n) is 4.92. The van der Waals surface area contributed by atoms with Crippen molar-refractivity contribution in [3.63, 3.8) is 0 Å². The summed E-state index contributed by atoms with van der Waals surface area (Å²) in [4.78, 5) is 39.5. The van der Waals surface area contributed by atoms with E-state index in [4.69, 9.17) is 0 Å². The van der Waals surface area contributed by atoms with Crippen molar-refractivity contribution < 1.29 is 29.7 Å². The predicted molar refractivity (Wildman–Crippen MR) is 111 cm³/mol. The van der Waals surface area contributed by atoms with E-state index in [1.807, 2.05) is 27.7 Å². The van der Waals surface area contributed by atoms with E-state index in [2.05, 4.69) is 0 Å². The first kappa shape index (κ1) is 27.3. The van der Waals surface area contributed by atoms with E-state index in [-0.39, 0.29) is 18.4 Å². The Balaban J connectivity index is 4.90. The second kappa shape index (κ2) is 13.5. The summed E-state index contributed by atoms with van der Waals surface area (Å²) in [7, 11) is 3.46. The van der Waals surface area contributed by atoms with Gasteiger partial charge >= 0.3 is 17.9 Å². The van der Waals surface area contributed by atoms with Crippen molar-refractivity contribution in [2.45, 2.75) is 52.6 Å². The number of nitrogens with zero attached hydrogens (tertiary/aromatic N) is 3. The highest BCUT2D eigenvalue weighted by molar-refractivity contribution is 5.73. The SMILES string of the molecule is CC(C)C[C@H](C(=O)O)N(C)CCN(CCN(C)[C@H](CC(C)C)C(=O)O)CC(=O)O. The zero-order chi connectivity index (χ0) is 22.7. The van der Waals surface area contributed by atoms with Gasteiger partial charge in [0.05, 0.1) is 6.54 Å². The van der Waals surface area contributed by atoms with Crippen molar-refractivity contribution in [1.82, 2.24) is 14.7 Å². The summed E-state index contributed by atoms with van der Waals surface area (Å²) in [6.45, 7) is 9.29. The Bertz CT molecular complexity index is 488. The van der Waals surface area contributed by atoms with Gasteiger partial charge in [-0.3, -0.25) is 29.1 Å². The molecule has 0 bridgehead atoms. The summed E-state index contributed by atoms with van der Waals surface area (Å²) in [5.41, 5.74) is 0. The third-order valence-corrected chi connectivity index (χ3v) is 4.92. The summed E-state index contributed by atoms with van der Waals surface area (Å²) >= 11 is 0. The van der Waals surface area contributed by atoms with Crippen molar-refractivity contribution in [3.05, 3.63) is 0 Å². The summed E-state index contributed by atoms with van der Waals surface area (Å²) in [5, 5.41) is 28.1. The maximum absolute atomic E-state index is 11.5. The van der Waals surface area contributed by atoms with Gasteiger partial charge < -0.3 is 15.3 Å². The predicted octanol–water partition coefficient (Wildman–Crippen LogP) is 1.24. The molecule has 9 nitrogen and oxygen atoms in total. The second-order valence-electron chi connectivity index (χ2n) is 8.60. The fourth-order valence-corrected chi connectivity index (χ4v) is 3.20. The summed E-state index contributed by atoms with van der Waals surface area (Å²) in [6, 6.07) is -1.24. The maximum Gasteiger partial charge on any atom is 0.320 e. The van der Waals surface area contributed by atoms with Gasteiger partial charge in [-0.05, 0) is 38.8 Å². The number of hydrogen-bond donors (Lipinski definition) is 3. The Morgan fingerprint density at radius 2 is 1.03 bits per heavy atom. The van der Waals surface area contributed by atoms with E-state index >= 15 is 0 Å². The van der Waals surface area contributed by atoms with Crippen molar-refractivity contribution in [3.8, 4) is 0 Å². The molecule has 29 heavy (non-hydrogen) atoms. The smallest absolute Gasteiger partial charge is 0.320 e. The standard InChI is InChI=1S/C20H39N3O6/c1-14(2)11-16(19(26)27)21(5)7-9-23(13-18(24)25)10-8-22(6)17(20(28)29)12-15(3)4/h14-17H,7-13H2,1-6H3,(H,24,25)(H,26,27)(H,28,29)/t16-,17-/m1/s1. The largest absolute Gasteiger partial charge is 0.480 e. The number of carboxylic acid groups (broad SMARTS) is 3. The van der Waals surface area contributed by atoms with Crippen LogP contribution in [0.3, 0.4) is 0 Å². The van der Waals surface area contributed by atoms with Crippen LogP contribution in [-0.4, -0.2) is 107 Å². The van der Waals surface area contributed by atoms with Crippen molar-refractivity contribution in [1.29, 1.82) is 0 Å². The van der Waals surface area contributed by atoms with E-state index in [0.29, 0.717) is 39.0 Å². The molecule has 0 aromatic rings. The molecule has 0 saturated heterocycles. The van der Waals surface area contributed by atoms with Crippen molar-refractivity contribution in [2.75, 3.05) is 46.8 Å². The van der Waals surface area contributed by atoms with Crippen LogP contribution in [0.5, 0.6) is 0 Å². The maximum atomic E-state index is 11.5. The Kier molecular flexibility index (Phi) is 12.7. The lowest BCUT2D eigenvalue weighted by Gasteiger charge is -2.31. The van der Waals surface area contributed by atoms with Crippen LogP contribution < -0.4 is 0 Å². The topological polar surface area (TPSA) is 122 Å². The van der Waals surface area contributed by atoms with Gasteiger partial charge in [-0.1, -0.05) is 27.7 Å². The van der Waals surface area contributed by atoms with Gasteiger partial charge in [-0.15, -0.1) is 0 Å². The van der Waals surface area contributed by atoms with Gasteiger partial charge in [0.25, 0.3) is 0 Å². The first-order valence-electron chi connectivity index (χ1n) is 10.1. The fourth-order valence-electron chi connectivity index (χ4n) is 3.20. The molecule has 0 saturated carbocycles. The molecule has 0 fully saturated rings. The number of rotatable bonds is 16. The van der Waals surface area contributed by atoms with E-state index < -0.39 is 30.0 Å². The number of hydrogen-bond acceptors (Lipinski definition) is 6. The van der Waals surface area contributed by atoms with E-state index in [1.165, 1.54) is 0 Å². The van der Waals surface area contributed by atoms with Crippen LogP contribution in [-0.2, 0) is 14.4 Å². The van der Waals surface area contributed by atoms with E-state index in [1.54, 1.807) is 28.8 Å². The number of carboxylic acids is 3. The van der Waals surface area contributed by atoms with Crippen molar-refractivity contribution in [2.24, 2.45) is 11.8 Å². The lowest BCUT2D eigenvalue weighted by molar-refractivity contribution is -0.144. The quantitative estimate of drug-likeness (QED) is 0.340. The normalized spacial score (nSPS) is 14.2. The Morgan fingerprint density at radius 3 is 1.28 bits per heavy atom. The molecule has 0 aliphatic carbocycles. The van der Waals surface area contributed by atoms with Gasteiger partial charge in [-0.2, -0.15) is 0 Å². The molecule has 0 heterocycles. The molecule has 0 aliphatic heterocycles. The van der Waals surface area contributed by atoms with Gasteiger partial charge in [0.15, 0.2) is 0 Å². The van der Waals surface area contributed by atoms with Crippen LogP contribution in [0, 0.1) is 11.8 Å². The van der Waals surface area contributed by atoms with Crippen molar-refractivity contribution >= 4 is 17.9 Å². The fraction of sp³-hybridized carbons (Fsp3) is 0.850. The van der Waals surface area contributed by atoms with Crippen LogP contribution in [0.15, 0.2) is 0 Å². The summed E-state index contributed by atoms with van der Waals surface area (Å²) < 4.78 is 0. The van der Waals surface area contributed by atoms with Crippen LogP contribution in [0.1, 0.15) is 40.5 Å². The van der Waals surface area contributed by atoms with Crippen LogP contribution >= 0.6 is 0 Å². The lowest BCUT2D eigenvalue weighted by Crippen LogP contribution is -2.47. The van der Waals surface area contributed by atoms with Gasteiger partial charge in [0, 0.05) is 26.2 Å². The zero-order valence-electron chi connectivity index (χ0n) is 18.7. The molecule has 0 aliphatic rings. The van der Waals surface area contributed by atoms with E-state index in [0.717, 1.165) is 0 Å². The highest BCUT2D eigenvalue weighted by Crippen LogP contribution is 2.12. The molecule has 2 atom stereocenters. The lowest BCUT2D eigenvalue weighted by atomic mass is 10.0. The molecule has 0 radical (unpaired) electrons. The molecule has 0 amide bonds. The third kappa shape index (κ3) is 11.8. The number of carbonyl (C=O) groups is 3. The molecule has 0 spiro atoms. The average Bonchev–Trinajstić information content (AvgIpc) is 2.58. The minimum atomic E-state index is -0.968. The molecule has 170 valence electrons. The van der Waals surface area contributed by atoms with Gasteiger partial charge in [0.2, 0.25) is 0 Å².